The van der Waals surface area contributed by atoms with E-state index < -0.39 is 0 Å². The molecule has 1 heterocycles. The van der Waals surface area contributed by atoms with Crippen LogP contribution >= 0.6 is 12.2 Å². The van der Waals surface area contributed by atoms with Crippen LogP contribution in [0, 0.1) is 0 Å². The van der Waals surface area contributed by atoms with Crippen LogP contribution in [0.3, 0.4) is 0 Å². The smallest absolute Gasteiger partial charge is 0.171 e. The van der Waals surface area contributed by atoms with Crippen LogP contribution in [-0.2, 0) is 0 Å². The lowest BCUT2D eigenvalue weighted by molar-refractivity contribution is 0.363. The number of hydrogen-bond donors (Lipinski definition) is 2. The van der Waals surface area contributed by atoms with Crippen molar-refractivity contribution in [2.24, 2.45) is 0 Å². The molecule has 1 fully saturated rings. The molecule has 5 heteroatoms. The molecule has 4 nitrogen and oxygen atoms in total. The molecule has 142 valence electrons. The summed E-state index contributed by atoms with van der Waals surface area (Å²) in [6.07, 6.45) is 4.31. The topological polar surface area (TPSA) is 36.5 Å². The molecule has 27 heavy (non-hydrogen) atoms. The SMILES string of the molecule is C=CCOc1ccc(NC(=S)N[C@H](C)c2ccc(N3CCCC3)cc2)cc1. The lowest BCUT2D eigenvalue weighted by Gasteiger charge is -2.20. The van der Waals surface area contributed by atoms with Crippen molar-refractivity contribution < 1.29 is 4.74 Å². The highest BCUT2D eigenvalue weighted by Crippen LogP contribution is 2.23. The molecule has 0 aliphatic carbocycles. The Kier molecular flexibility index (Phi) is 6.71. The van der Waals surface area contributed by atoms with Crippen molar-refractivity contribution in [2.45, 2.75) is 25.8 Å². The minimum Gasteiger partial charge on any atom is -0.490 e. The zero-order valence-corrected chi connectivity index (χ0v) is 16.6. The maximum atomic E-state index is 5.49. The predicted octanol–water partition coefficient (Wildman–Crippen LogP) is 4.90. The van der Waals surface area contributed by atoms with E-state index in [9.17, 15) is 0 Å². The van der Waals surface area contributed by atoms with E-state index in [4.69, 9.17) is 17.0 Å². The molecule has 1 aliphatic rings. The molecule has 2 aromatic rings. The van der Waals surface area contributed by atoms with E-state index in [1.807, 2.05) is 24.3 Å². The molecule has 0 saturated carbocycles. The van der Waals surface area contributed by atoms with Gasteiger partial charge in [0.15, 0.2) is 5.11 Å². The molecule has 0 amide bonds. The zero-order valence-electron chi connectivity index (χ0n) is 15.8. The monoisotopic (exact) mass is 381 g/mol. The molecule has 0 bridgehead atoms. The summed E-state index contributed by atoms with van der Waals surface area (Å²) >= 11 is 5.45. The second kappa shape index (κ2) is 9.42. The van der Waals surface area contributed by atoms with Crippen molar-refractivity contribution in [3.05, 3.63) is 66.7 Å². The summed E-state index contributed by atoms with van der Waals surface area (Å²) in [6, 6.07) is 16.6. The van der Waals surface area contributed by atoms with Gasteiger partial charge in [-0.25, -0.2) is 0 Å². The molecule has 0 unspecified atom stereocenters. The number of ether oxygens (including phenoxy) is 1. The van der Waals surface area contributed by atoms with E-state index in [0.29, 0.717) is 11.7 Å². The Morgan fingerprint density at radius 3 is 2.44 bits per heavy atom. The molecular formula is C22H27N3OS. The first-order valence-corrected chi connectivity index (χ1v) is 9.83. The van der Waals surface area contributed by atoms with Gasteiger partial charge in [-0.2, -0.15) is 0 Å². The third-order valence-corrected chi connectivity index (χ3v) is 4.91. The van der Waals surface area contributed by atoms with E-state index in [0.717, 1.165) is 11.4 Å². The van der Waals surface area contributed by atoms with Gasteiger partial charge in [-0.1, -0.05) is 24.8 Å². The Labute approximate surface area is 167 Å². The summed E-state index contributed by atoms with van der Waals surface area (Å²) in [5.74, 6) is 0.811. The van der Waals surface area contributed by atoms with Crippen molar-refractivity contribution in [3.8, 4) is 5.75 Å². The Morgan fingerprint density at radius 2 is 1.81 bits per heavy atom. The summed E-state index contributed by atoms with van der Waals surface area (Å²) in [5, 5.41) is 7.17. The molecule has 3 rings (SSSR count). The van der Waals surface area contributed by atoms with E-state index in [1.54, 1.807) is 6.08 Å². The second-order valence-electron chi connectivity index (χ2n) is 6.73. The van der Waals surface area contributed by atoms with Crippen LogP contribution in [-0.4, -0.2) is 24.8 Å². The molecule has 1 aliphatic heterocycles. The first kappa shape index (κ1) is 19.2. The van der Waals surface area contributed by atoms with Crippen LogP contribution < -0.4 is 20.3 Å². The number of benzene rings is 2. The van der Waals surface area contributed by atoms with Crippen LogP contribution in [0.25, 0.3) is 0 Å². The molecule has 1 atom stereocenters. The van der Waals surface area contributed by atoms with E-state index in [1.165, 1.54) is 37.2 Å². The predicted molar refractivity (Wildman–Crippen MR) is 118 cm³/mol. The first-order chi connectivity index (χ1) is 13.2. The number of nitrogens with zero attached hydrogens (tertiary/aromatic N) is 1. The van der Waals surface area contributed by atoms with Crippen molar-refractivity contribution >= 4 is 28.7 Å². The van der Waals surface area contributed by atoms with Gasteiger partial charge in [-0.15, -0.1) is 0 Å². The Morgan fingerprint density at radius 1 is 1.15 bits per heavy atom. The zero-order chi connectivity index (χ0) is 19.1. The molecule has 2 N–H and O–H groups in total. The number of thiocarbonyl (C=S) groups is 1. The maximum absolute atomic E-state index is 5.49. The van der Waals surface area contributed by atoms with Gasteiger partial charge in [0, 0.05) is 24.5 Å². The molecule has 0 radical (unpaired) electrons. The quantitative estimate of drug-likeness (QED) is 0.527. The van der Waals surface area contributed by atoms with Gasteiger partial charge in [-0.3, -0.25) is 0 Å². The summed E-state index contributed by atoms with van der Waals surface area (Å²) in [5.41, 5.74) is 3.45. The standard InChI is InChI=1S/C22H27N3OS/c1-3-16-26-21-12-8-19(9-13-21)24-22(27)23-17(2)18-6-10-20(11-7-18)25-14-4-5-15-25/h3,6-13,17H,1,4-5,14-16H2,2H3,(H2,23,24,27)/t17-/m1/s1. The average Bonchev–Trinajstić information content (AvgIpc) is 3.22. The lowest BCUT2D eigenvalue weighted by atomic mass is 10.1. The van der Waals surface area contributed by atoms with Crippen molar-refractivity contribution in [2.75, 3.05) is 29.9 Å². The lowest BCUT2D eigenvalue weighted by Crippen LogP contribution is -2.30. The van der Waals surface area contributed by atoms with Crippen LogP contribution in [0.5, 0.6) is 5.75 Å². The van der Waals surface area contributed by atoms with Gasteiger partial charge in [0.25, 0.3) is 0 Å². The van der Waals surface area contributed by atoms with Gasteiger partial charge < -0.3 is 20.3 Å². The number of anilines is 2. The summed E-state index contributed by atoms with van der Waals surface area (Å²) < 4.78 is 5.49. The average molecular weight is 382 g/mol. The normalized spacial score (nSPS) is 14.5. The summed E-state index contributed by atoms with van der Waals surface area (Å²) in [4.78, 5) is 2.44. The minimum absolute atomic E-state index is 0.132. The summed E-state index contributed by atoms with van der Waals surface area (Å²) in [7, 11) is 0. The number of rotatable bonds is 7. The molecule has 0 spiro atoms. The first-order valence-electron chi connectivity index (χ1n) is 9.42. The van der Waals surface area contributed by atoms with Crippen LogP contribution in [0.1, 0.15) is 31.4 Å². The minimum atomic E-state index is 0.132. The molecule has 2 aromatic carbocycles. The largest absolute Gasteiger partial charge is 0.490 e. The van der Waals surface area contributed by atoms with Gasteiger partial charge >= 0.3 is 0 Å². The summed E-state index contributed by atoms with van der Waals surface area (Å²) in [6.45, 7) is 8.59. The van der Waals surface area contributed by atoms with Gasteiger partial charge in [0.1, 0.15) is 12.4 Å². The van der Waals surface area contributed by atoms with Crippen molar-refractivity contribution in [1.82, 2.24) is 5.32 Å². The van der Waals surface area contributed by atoms with Crippen LogP contribution in [0.4, 0.5) is 11.4 Å². The highest BCUT2D eigenvalue weighted by Gasteiger charge is 2.13. The third-order valence-electron chi connectivity index (χ3n) is 4.69. The highest BCUT2D eigenvalue weighted by atomic mass is 32.1. The van der Waals surface area contributed by atoms with Crippen LogP contribution in [0.2, 0.25) is 0 Å². The fraction of sp³-hybridized carbons (Fsp3) is 0.318. The van der Waals surface area contributed by atoms with Gasteiger partial charge in [0.05, 0.1) is 6.04 Å². The van der Waals surface area contributed by atoms with Gasteiger partial charge in [0.2, 0.25) is 0 Å². The fourth-order valence-corrected chi connectivity index (χ4v) is 3.48. The Balaban J connectivity index is 1.51. The van der Waals surface area contributed by atoms with E-state index >= 15 is 0 Å². The van der Waals surface area contributed by atoms with E-state index in [-0.39, 0.29) is 6.04 Å². The molecule has 1 saturated heterocycles. The Bertz CT molecular complexity index is 752. The van der Waals surface area contributed by atoms with Crippen molar-refractivity contribution in [1.29, 1.82) is 0 Å². The van der Waals surface area contributed by atoms with Crippen LogP contribution in [0.15, 0.2) is 61.2 Å². The second-order valence-corrected chi connectivity index (χ2v) is 7.14. The van der Waals surface area contributed by atoms with Gasteiger partial charge in [-0.05, 0) is 73.9 Å². The van der Waals surface area contributed by atoms with E-state index in [2.05, 4.69) is 53.3 Å². The molecule has 0 aromatic heterocycles. The Hall–Kier alpha value is -2.53. The highest BCUT2D eigenvalue weighted by molar-refractivity contribution is 7.80. The maximum Gasteiger partial charge on any atom is 0.171 e. The number of nitrogens with one attached hydrogen (secondary N) is 2. The van der Waals surface area contributed by atoms with Crippen molar-refractivity contribution in [3.63, 3.8) is 0 Å². The third kappa shape index (κ3) is 5.47. The number of hydrogen-bond acceptors (Lipinski definition) is 3. The fourth-order valence-electron chi connectivity index (χ4n) is 3.19. The molecular weight excluding hydrogens is 354 g/mol.